The zero-order chi connectivity index (χ0) is 15.3. The highest BCUT2D eigenvalue weighted by atomic mass is 15.2. The molecule has 2 nitrogen and oxygen atoms in total. The molecule has 3 atom stereocenters. The molecule has 0 radical (unpaired) electrons. The van der Waals surface area contributed by atoms with Gasteiger partial charge in [0.1, 0.15) is 0 Å². The third-order valence-electron chi connectivity index (χ3n) is 5.75. The molecule has 0 spiro atoms. The largest absolute Gasteiger partial charge is 0.313 e. The molecule has 0 aromatic carbocycles. The molecule has 1 saturated carbocycles. The summed E-state index contributed by atoms with van der Waals surface area (Å²) in [5.74, 6) is 1.02. The van der Waals surface area contributed by atoms with Crippen LogP contribution >= 0.6 is 0 Å². The van der Waals surface area contributed by atoms with Crippen molar-refractivity contribution in [3.05, 3.63) is 0 Å². The van der Waals surface area contributed by atoms with Gasteiger partial charge in [0.25, 0.3) is 0 Å². The van der Waals surface area contributed by atoms with Crippen LogP contribution in [0.1, 0.15) is 79.1 Å². The van der Waals surface area contributed by atoms with E-state index in [4.69, 9.17) is 0 Å². The van der Waals surface area contributed by atoms with Crippen LogP contribution in [-0.4, -0.2) is 36.6 Å². The summed E-state index contributed by atoms with van der Waals surface area (Å²) in [7, 11) is 0. The molecule has 0 bridgehead atoms. The average Bonchev–Trinajstić information content (AvgIpc) is 2.46. The Labute approximate surface area is 133 Å². The summed E-state index contributed by atoms with van der Waals surface area (Å²) in [5, 5.41) is 3.79. The SMILES string of the molecule is CCCNC(CCN1CCCC2CCCCC21)C(C)(C)C. The Morgan fingerprint density at radius 1 is 1.10 bits per heavy atom. The Hall–Kier alpha value is -0.0800. The van der Waals surface area contributed by atoms with Gasteiger partial charge in [0, 0.05) is 12.1 Å². The van der Waals surface area contributed by atoms with Gasteiger partial charge in [-0.2, -0.15) is 0 Å². The molecule has 124 valence electrons. The van der Waals surface area contributed by atoms with Crippen LogP contribution in [0.4, 0.5) is 0 Å². The summed E-state index contributed by atoms with van der Waals surface area (Å²) >= 11 is 0. The predicted molar refractivity (Wildman–Crippen MR) is 92.7 cm³/mol. The maximum atomic E-state index is 3.79. The van der Waals surface area contributed by atoms with Crippen molar-refractivity contribution in [2.24, 2.45) is 11.3 Å². The van der Waals surface area contributed by atoms with Crippen LogP contribution in [0.15, 0.2) is 0 Å². The molecule has 1 heterocycles. The molecular weight excluding hydrogens is 256 g/mol. The summed E-state index contributed by atoms with van der Waals surface area (Å²) in [6.45, 7) is 13.3. The molecule has 1 saturated heterocycles. The van der Waals surface area contributed by atoms with Gasteiger partial charge in [0.2, 0.25) is 0 Å². The lowest BCUT2D eigenvalue weighted by Crippen LogP contribution is -2.49. The van der Waals surface area contributed by atoms with Gasteiger partial charge in [-0.05, 0) is 69.5 Å². The number of nitrogens with one attached hydrogen (secondary N) is 1. The smallest absolute Gasteiger partial charge is 0.0128 e. The number of rotatable bonds is 6. The molecular formula is C19H38N2. The number of piperidine rings is 1. The molecule has 2 aliphatic rings. The minimum absolute atomic E-state index is 0.372. The zero-order valence-corrected chi connectivity index (χ0v) is 15.0. The standard InChI is InChI=1S/C19H38N2/c1-5-13-20-18(19(2,3)4)12-15-21-14-8-10-16-9-6-7-11-17(16)21/h16-18,20H,5-15H2,1-4H3. The second-order valence-corrected chi connectivity index (χ2v) is 8.45. The first kappa shape index (κ1) is 17.3. The Kier molecular flexibility index (Phi) is 6.55. The van der Waals surface area contributed by atoms with E-state index in [1.807, 2.05) is 0 Å². The van der Waals surface area contributed by atoms with Crippen LogP contribution in [0.25, 0.3) is 0 Å². The van der Waals surface area contributed by atoms with Crippen LogP contribution in [0, 0.1) is 11.3 Å². The maximum Gasteiger partial charge on any atom is 0.0128 e. The quantitative estimate of drug-likeness (QED) is 0.779. The summed E-state index contributed by atoms with van der Waals surface area (Å²) in [4.78, 5) is 2.85. The molecule has 2 fully saturated rings. The maximum absolute atomic E-state index is 3.79. The molecule has 2 heteroatoms. The normalized spacial score (nSPS) is 29.1. The van der Waals surface area contributed by atoms with E-state index in [0.29, 0.717) is 11.5 Å². The number of nitrogens with zero attached hydrogens (tertiary/aromatic N) is 1. The first-order valence-corrected chi connectivity index (χ1v) is 9.49. The van der Waals surface area contributed by atoms with Crippen molar-refractivity contribution in [1.29, 1.82) is 0 Å². The van der Waals surface area contributed by atoms with Crippen molar-refractivity contribution in [3.8, 4) is 0 Å². The number of hydrogen-bond donors (Lipinski definition) is 1. The van der Waals surface area contributed by atoms with E-state index in [9.17, 15) is 0 Å². The van der Waals surface area contributed by atoms with E-state index in [2.05, 4.69) is 37.9 Å². The van der Waals surface area contributed by atoms with Crippen LogP contribution < -0.4 is 5.32 Å². The second-order valence-electron chi connectivity index (χ2n) is 8.45. The molecule has 1 aliphatic carbocycles. The zero-order valence-electron chi connectivity index (χ0n) is 15.0. The van der Waals surface area contributed by atoms with Gasteiger partial charge in [-0.1, -0.05) is 40.5 Å². The highest BCUT2D eigenvalue weighted by molar-refractivity contribution is 4.89. The van der Waals surface area contributed by atoms with Crippen LogP contribution in [-0.2, 0) is 0 Å². The minimum atomic E-state index is 0.372. The minimum Gasteiger partial charge on any atom is -0.313 e. The van der Waals surface area contributed by atoms with Crippen molar-refractivity contribution in [1.82, 2.24) is 10.2 Å². The number of fused-ring (bicyclic) bond motifs is 1. The van der Waals surface area contributed by atoms with Gasteiger partial charge >= 0.3 is 0 Å². The fourth-order valence-electron chi connectivity index (χ4n) is 4.46. The first-order valence-electron chi connectivity index (χ1n) is 9.49. The number of hydrogen-bond acceptors (Lipinski definition) is 2. The predicted octanol–water partition coefficient (Wildman–Crippen LogP) is 4.45. The van der Waals surface area contributed by atoms with E-state index >= 15 is 0 Å². The summed E-state index contributed by atoms with van der Waals surface area (Å²) < 4.78 is 0. The topological polar surface area (TPSA) is 15.3 Å². The molecule has 1 aliphatic heterocycles. The Balaban J connectivity index is 1.86. The molecule has 0 aromatic heterocycles. The average molecular weight is 295 g/mol. The van der Waals surface area contributed by atoms with Gasteiger partial charge < -0.3 is 10.2 Å². The molecule has 21 heavy (non-hydrogen) atoms. The highest BCUT2D eigenvalue weighted by Crippen LogP contribution is 2.35. The van der Waals surface area contributed by atoms with Crippen molar-refractivity contribution < 1.29 is 0 Å². The van der Waals surface area contributed by atoms with Gasteiger partial charge in [-0.3, -0.25) is 0 Å². The molecule has 0 aromatic rings. The van der Waals surface area contributed by atoms with E-state index < -0.39 is 0 Å². The molecule has 2 rings (SSSR count). The van der Waals surface area contributed by atoms with Gasteiger partial charge in [0.05, 0.1) is 0 Å². The molecule has 0 amide bonds. The van der Waals surface area contributed by atoms with Crippen molar-refractivity contribution in [2.45, 2.75) is 91.1 Å². The van der Waals surface area contributed by atoms with E-state index in [-0.39, 0.29) is 0 Å². The summed E-state index contributed by atoms with van der Waals surface area (Å²) in [6.07, 6.45) is 11.4. The van der Waals surface area contributed by atoms with Crippen LogP contribution in [0.5, 0.6) is 0 Å². The van der Waals surface area contributed by atoms with Gasteiger partial charge in [-0.25, -0.2) is 0 Å². The fourth-order valence-corrected chi connectivity index (χ4v) is 4.46. The van der Waals surface area contributed by atoms with Crippen molar-refractivity contribution >= 4 is 0 Å². The van der Waals surface area contributed by atoms with E-state index in [0.717, 1.165) is 18.5 Å². The Bertz CT molecular complexity index is 292. The monoisotopic (exact) mass is 294 g/mol. The lowest BCUT2D eigenvalue weighted by Gasteiger charge is -2.45. The summed E-state index contributed by atoms with van der Waals surface area (Å²) in [6, 6.07) is 1.57. The van der Waals surface area contributed by atoms with Crippen molar-refractivity contribution in [2.75, 3.05) is 19.6 Å². The fraction of sp³-hybridized carbons (Fsp3) is 1.00. The van der Waals surface area contributed by atoms with Gasteiger partial charge in [-0.15, -0.1) is 0 Å². The lowest BCUT2D eigenvalue weighted by molar-refractivity contribution is 0.0535. The highest BCUT2D eigenvalue weighted by Gasteiger charge is 2.33. The Morgan fingerprint density at radius 2 is 1.81 bits per heavy atom. The molecule has 3 unspecified atom stereocenters. The van der Waals surface area contributed by atoms with E-state index in [1.54, 1.807) is 0 Å². The second kappa shape index (κ2) is 7.97. The van der Waals surface area contributed by atoms with E-state index in [1.165, 1.54) is 64.5 Å². The van der Waals surface area contributed by atoms with Crippen LogP contribution in [0.2, 0.25) is 0 Å². The van der Waals surface area contributed by atoms with Crippen LogP contribution in [0.3, 0.4) is 0 Å². The Morgan fingerprint density at radius 3 is 2.52 bits per heavy atom. The third kappa shape index (κ3) is 4.96. The summed E-state index contributed by atoms with van der Waals surface area (Å²) in [5.41, 5.74) is 0.372. The first-order chi connectivity index (χ1) is 10.0. The van der Waals surface area contributed by atoms with Gasteiger partial charge in [0.15, 0.2) is 0 Å². The third-order valence-corrected chi connectivity index (χ3v) is 5.75. The molecule has 1 N–H and O–H groups in total. The lowest BCUT2D eigenvalue weighted by atomic mass is 9.78. The number of likely N-dealkylation sites (tertiary alicyclic amines) is 1. The van der Waals surface area contributed by atoms with Crippen molar-refractivity contribution in [3.63, 3.8) is 0 Å².